The van der Waals surface area contributed by atoms with Gasteiger partial charge in [0.1, 0.15) is 11.0 Å². The molecule has 0 saturated carbocycles. The van der Waals surface area contributed by atoms with E-state index in [1.54, 1.807) is 7.11 Å². The summed E-state index contributed by atoms with van der Waals surface area (Å²) in [6.45, 7) is 6.46. The van der Waals surface area contributed by atoms with Crippen LogP contribution >= 0.6 is 23.8 Å². The molecule has 1 aliphatic heterocycles. The van der Waals surface area contributed by atoms with Crippen LogP contribution in [0.25, 0.3) is 22.2 Å². The average Bonchev–Trinajstić information content (AvgIpc) is 3.14. The fourth-order valence-corrected chi connectivity index (χ4v) is 5.74. The van der Waals surface area contributed by atoms with Gasteiger partial charge in [0.05, 0.1) is 24.9 Å². The largest absolute Gasteiger partial charge is 0.497 e. The van der Waals surface area contributed by atoms with Crippen LogP contribution in [-0.2, 0) is 15.4 Å². The third kappa shape index (κ3) is 3.95. The smallest absolute Gasteiger partial charge is 0.321 e. The molecule has 0 aliphatic carbocycles. The quantitative estimate of drug-likeness (QED) is 0.332. The summed E-state index contributed by atoms with van der Waals surface area (Å²) in [4.78, 5) is 13.4. The van der Waals surface area contributed by atoms with E-state index in [9.17, 15) is 9.90 Å². The fraction of sp³-hybridized carbons (Fsp3) is 0.375. The number of hydrogen-bond acceptors (Lipinski definition) is 6. The molecular formula is C24H28N2O4S2. The lowest BCUT2D eigenvalue weighted by Gasteiger charge is -2.30. The average molecular weight is 473 g/mol. The minimum Gasteiger partial charge on any atom is -0.497 e. The highest BCUT2D eigenvalue weighted by atomic mass is 32.2. The second-order valence-electron chi connectivity index (χ2n) is 7.50. The van der Waals surface area contributed by atoms with Crippen molar-refractivity contribution in [3.63, 3.8) is 0 Å². The topological polar surface area (TPSA) is 63.9 Å². The molecule has 8 heteroatoms. The van der Waals surface area contributed by atoms with Gasteiger partial charge in [-0.05, 0) is 62.1 Å². The number of aliphatic carboxylic acids is 1. The second kappa shape index (κ2) is 9.68. The van der Waals surface area contributed by atoms with E-state index < -0.39 is 11.2 Å². The maximum Gasteiger partial charge on any atom is 0.321 e. The van der Waals surface area contributed by atoms with Gasteiger partial charge in [-0.1, -0.05) is 6.07 Å². The van der Waals surface area contributed by atoms with Gasteiger partial charge in [0.2, 0.25) is 0 Å². The number of rotatable bonds is 9. The van der Waals surface area contributed by atoms with E-state index in [0.717, 1.165) is 57.9 Å². The lowest BCUT2D eigenvalue weighted by Crippen LogP contribution is -2.35. The number of methoxy groups -OCH3 is 1. The Labute approximate surface area is 197 Å². The van der Waals surface area contributed by atoms with Crippen molar-refractivity contribution < 1.29 is 18.8 Å². The van der Waals surface area contributed by atoms with Crippen molar-refractivity contribution in [2.75, 3.05) is 38.1 Å². The molecule has 6 nitrogen and oxygen atoms in total. The lowest BCUT2D eigenvalue weighted by atomic mass is 9.99. The molecule has 2 aromatic carbocycles. The van der Waals surface area contributed by atoms with Crippen molar-refractivity contribution in [3.8, 4) is 17.0 Å². The second-order valence-corrected chi connectivity index (χ2v) is 9.22. The number of thioether (sulfide) groups is 1. The van der Waals surface area contributed by atoms with Crippen LogP contribution in [0.15, 0.2) is 41.3 Å². The zero-order valence-corrected chi connectivity index (χ0v) is 20.4. The summed E-state index contributed by atoms with van der Waals surface area (Å²) in [5.74, 6) is -0.0720. The summed E-state index contributed by atoms with van der Waals surface area (Å²) < 4.78 is 13.2. The maximum atomic E-state index is 12.4. The molecule has 2 heterocycles. The molecule has 0 bridgehead atoms. The Kier molecular flexibility index (Phi) is 6.93. The van der Waals surface area contributed by atoms with Gasteiger partial charge in [0, 0.05) is 46.8 Å². The first-order chi connectivity index (χ1) is 15.5. The Balaban J connectivity index is 2.02. The summed E-state index contributed by atoms with van der Waals surface area (Å²) in [6, 6.07) is 12.2. The van der Waals surface area contributed by atoms with E-state index in [1.807, 2.05) is 24.5 Å². The third-order valence-electron chi connectivity index (χ3n) is 5.83. The van der Waals surface area contributed by atoms with Crippen molar-refractivity contribution in [3.05, 3.63) is 47.5 Å². The van der Waals surface area contributed by atoms with Gasteiger partial charge in [0.15, 0.2) is 0 Å². The predicted octanol–water partition coefficient (Wildman–Crippen LogP) is 5.36. The van der Waals surface area contributed by atoms with Crippen molar-refractivity contribution in [1.29, 1.82) is 0 Å². The number of fused-ring (bicyclic) bond motifs is 5. The van der Waals surface area contributed by atoms with Gasteiger partial charge in [-0.2, -0.15) is 0 Å². The van der Waals surface area contributed by atoms with E-state index in [1.165, 1.54) is 29.4 Å². The van der Waals surface area contributed by atoms with E-state index in [-0.39, 0.29) is 0 Å². The van der Waals surface area contributed by atoms with E-state index in [0.29, 0.717) is 6.61 Å². The number of nitrogens with zero attached hydrogens (tertiary/aromatic N) is 2. The highest BCUT2D eigenvalue weighted by Gasteiger charge is 2.37. The van der Waals surface area contributed by atoms with E-state index in [2.05, 4.69) is 41.7 Å². The number of benzene rings is 2. The fourth-order valence-electron chi connectivity index (χ4n) is 4.35. The summed E-state index contributed by atoms with van der Waals surface area (Å²) >= 11 is 2.78. The molecule has 0 saturated heterocycles. The predicted molar refractivity (Wildman–Crippen MR) is 133 cm³/mol. The molecule has 1 unspecified atom stereocenters. The maximum absolute atomic E-state index is 12.4. The summed E-state index contributed by atoms with van der Waals surface area (Å²) in [6.07, 6.45) is 2.72. The number of hydrogen-bond donors (Lipinski definition) is 1. The summed E-state index contributed by atoms with van der Waals surface area (Å²) in [5, 5.41) is 12.7. The van der Waals surface area contributed by atoms with Crippen molar-refractivity contribution in [1.82, 2.24) is 4.68 Å². The molecule has 0 fully saturated rings. The van der Waals surface area contributed by atoms with E-state index >= 15 is 0 Å². The number of aromatic nitrogens is 1. The molecule has 1 aliphatic rings. The first kappa shape index (κ1) is 22.9. The highest BCUT2D eigenvalue weighted by molar-refractivity contribution is 8.00. The van der Waals surface area contributed by atoms with Crippen LogP contribution in [0.5, 0.6) is 5.75 Å². The molecule has 32 heavy (non-hydrogen) atoms. The van der Waals surface area contributed by atoms with Crippen molar-refractivity contribution >= 4 is 40.7 Å². The first-order valence-corrected chi connectivity index (χ1v) is 12.7. The van der Waals surface area contributed by atoms with Crippen LogP contribution in [0.1, 0.15) is 30.2 Å². The van der Waals surface area contributed by atoms with Gasteiger partial charge in [-0.3, -0.25) is 9.47 Å². The highest BCUT2D eigenvalue weighted by Crippen LogP contribution is 2.53. The SMILES string of the molecule is CCN(CC)n1c2c(c3ccc(OC)cc31)C(C(=O)O)Sc1ccc(CCOSC)cc1-2. The summed E-state index contributed by atoms with van der Waals surface area (Å²) in [7, 11) is 1.65. The molecule has 170 valence electrons. The van der Waals surface area contributed by atoms with Crippen LogP contribution < -0.4 is 9.75 Å². The molecule has 0 radical (unpaired) electrons. The molecule has 3 aromatic rings. The number of carbonyl (C=O) groups is 1. The normalized spacial score (nSPS) is 14.8. The Morgan fingerprint density at radius 2 is 2.00 bits per heavy atom. The van der Waals surface area contributed by atoms with Crippen LogP contribution in [0.4, 0.5) is 0 Å². The number of ether oxygens (including phenoxy) is 1. The Morgan fingerprint density at radius 1 is 1.22 bits per heavy atom. The molecule has 0 spiro atoms. The number of carboxylic acid groups (broad SMARTS) is 1. The Hall–Kier alpha value is -2.29. The zero-order chi connectivity index (χ0) is 22.8. The molecule has 0 amide bonds. The Morgan fingerprint density at radius 3 is 2.66 bits per heavy atom. The minimum atomic E-state index is -0.825. The first-order valence-electron chi connectivity index (χ1n) is 10.7. The number of carboxylic acids is 1. The zero-order valence-electron chi connectivity index (χ0n) is 18.8. The summed E-state index contributed by atoms with van der Waals surface area (Å²) in [5.41, 5.74) is 5.04. The molecule has 1 atom stereocenters. The van der Waals surface area contributed by atoms with Gasteiger partial charge in [-0.15, -0.1) is 11.8 Å². The van der Waals surface area contributed by atoms with Gasteiger partial charge < -0.3 is 19.0 Å². The van der Waals surface area contributed by atoms with Gasteiger partial charge in [-0.25, -0.2) is 0 Å². The van der Waals surface area contributed by atoms with E-state index in [4.69, 9.17) is 8.92 Å². The van der Waals surface area contributed by atoms with Gasteiger partial charge >= 0.3 is 5.97 Å². The van der Waals surface area contributed by atoms with Crippen LogP contribution in [-0.4, -0.2) is 48.8 Å². The van der Waals surface area contributed by atoms with Gasteiger partial charge in [0.25, 0.3) is 0 Å². The van der Waals surface area contributed by atoms with Crippen LogP contribution in [0, 0.1) is 0 Å². The van der Waals surface area contributed by atoms with Crippen molar-refractivity contribution in [2.24, 2.45) is 0 Å². The monoisotopic (exact) mass is 472 g/mol. The molecule has 1 aromatic heterocycles. The standard InChI is InChI=1S/C24H28N2O4S2/c1-5-25(6-2)26-19-14-16(29-3)8-9-17(19)21-22(26)18-13-15(11-12-30-31-4)7-10-20(18)32-23(21)24(27)28/h7-10,13-14,23H,5-6,11-12H2,1-4H3,(H,27,28). The molecule has 1 N–H and O–H groups in total. The van der Waals surface area contributed by atoms with Crippen molar-refractivity contribution in [2.45, 2.75) is 30.4 Å². The molecular weight excluding hydrogens is 444 g/mol. The Bertz CT molecular complexity index is 1140. The molecule has 4 rings (SSSR count). The third-order valence-corrected chi connectivity index (χ3v) is 7.51. The minimum absolute atomic E-state index is 0.633. The van der Waals surface area contributed by atoms with Crippen LogP contribution in [0.2, 0.25) is 0 Å². The van der Waals surface area contributed by atoms with Crippen LogP contribution in [0.3, 0.4) is 0 Å². The lowest BCUT2D eigenvalue weighted by molar-refractivity contribution is -0.136.